The number of nitrogens with one attached hydrogen (secondary N) is 1. The van der Waals surface area contributed by atoms with Crippen LogP contribution in [0.25, 0.3) is 0 Å². The Morgan fingerprint density at radius 2 is 1.90 bits per heavy atom. The Morgan fingerprint density at radius 3 is 2.48 bits per heavy atom. The number of amides is 2. The molecule has 2 rings (SSSR count). The average molecular weight is 294 g/mol. The number of rotatable bonds is 5. The molecule has 4 nitrogen and oxygen atoms in total. The third-order valence-corrected chi connectivity index (χ3v) is 5.00. The Labute approximate surface area is 128 Å². The van der Waals surface area contributed by atoms with Gasteiger partial charge in [0.05, 0.1) is 0 Å². The van der Waals surface area contributed by atoms with Crippen molar-refractivity contribution in [1.29, 1.82) is 0 Å². The topological polar surface area (TPSA) is 49.4 Å². The van der Waals surface area contributed by atoms with E-state index in [0.29, 0.717) is 5.92 Å². The highest BCUT2D eigenvalue weighted by atomic mass is 16.2. The molecular formula is C17H30N2O2. The lowest BCUT2D eigenvalue weighted by molar-refractivity contribution is -0.160. The van der Waals surface area contributed by atoms with Crippen molar-refractivity contribution in [2.45, 2.75) is 83.7 Å². The highest BCUT2D eigenvalue weighted by Gasteiger charge is 2.52. The molecule has 0 aromatic rings. The van der Waals surface area contributed by atoms with E-state index in [1.165, 1.54) is 6.42 Å². The monoisotopic (exact) mass is 294 g/mol. The fraction of sp³-hybridized carbons (Fsp3) is 0.882. The first-order valence-electron chi connectivity index (χ1n) is 8.63. The van der Waals surface area contributed by atoms with E-state index >= 15 is 0 Å². The molecule has 0 aromatic heterocycles. The van der Waals surface area contributed by atoms with Crippen molar-refractivity contribution in [2.24, 2.45) is 5.92 Å². The molecule has 0 radical (unpaired) electrons. The van der Waals surface area contributed by atoms with Crippen LogP contribution in [-0.2, 0) is 9.59 Å². The van der Waals surface area contributed by atoms with Gasteiger partial charge in [0.15, 0.2) is 0 Å². The van der Waals surface area contributed by atoms with Gasteiger partial charge in [-0.3, -0.25) is 9.59 Å². The van der Waals surface area contributed by atoms with Crippen molar-refractivity contribution in [3.8, 4) is 0 Å². The van der Waals surface area contributed by atoms with Crippen LogP contribution in [-0.4, -0.2) is 34.8 Å². The molecule has 1 unspecified atom stereocenters. The second-order valence-electron chi connectivity index (χ2n) is 7.08. The summed E-state index contributed by atoms with van der Waals surface area (Å²) < 4.78 is 0. The Bertz CT molecular complexity index is 386. The summed E-state index contributed by atoms with van der Waals surface area (Å²) in [6.45, 7) is 7.13. The maximum atomic E-state index is 12.9. The fourth-order valence-corrected chi connectivity index (χ4v) is 3.71. The van der Waals surface area contributed by atoms with Crippen molar-refractivity contribution in [3.05, 3.63) is 0 Å². The number of carbonyl (C=O) groups excluding carboxylic acids is 2. The van der Waals surface area contributed by atoms with E-state index < -0.39 is 5.54 Å². The first-order chi connectivity index (χ1) is 10.0. The third kappa shape index (κ3) is 3.24. The van der Waals surface area contributed by atoms with Gasteiger partial charge in [-0.15, -0.1) is 0 Å². The van der Waals surface area contributed by atoms with Crippen LogP contribution in [0, 0.1) is 5.92 Å². The van der Waals surface area contributed by atoms with Gasteiger partial charge in [-0.1, -0.05) is 46.5 Å². The summed E-state index contributed by atoms with van der Waals surface area (Å²) in [5.41, 5.74) is -0.547. The molecule has 21 heavy (non-hydrogen) atoms. The van der Waals surface area contributed by atoms with Crippen LogP contribution in [0.2, 0.25) is 0 Å². The lowest BCUT2D eigenvalue weighted by Gasteiger charge is -2.50. The Kier molecular flexibility index (Phi) is 5.28. The molecule has 2 amide bonds. The van der Waals surface area contributed by atoms with E-state index in [0.717, 1.165) is 51.5 Å². The number of hydrogen-bond acceptors (Lipinski definition) is 2. The Hall–Kier alpha value is -1.06. The zero-order valence-corrected chi connectivity index (χ0v) is 13.8. The average Bonchev–Trinajstić information content (AvgIpc) is 2.46. The van der Waals surface area contributed by atoms with Crippen molar-refractivity contribution < 1.29 is 9.59 Å². The maximum absolute atomic E-state index is 12.9. The molecule has 1 N–H and O–H groups in total. The molecule has 1 spiro atoms. The predicted molar refractivity (Wildman–Crippen MR) is 83.8 cm³/mol. The SMILES string of the molecule is CCCC1NC(=O)C2(CCCCC2)N(CCC(C)C)C1=O. The van der Waals surface area contributed by atoms with Gasteiger partial charge in [-0.05, 0) is 31.6 Å². The lowest BCUT2D eigenvalue weighted by Crippen LogP contribution is -2.71. The molecule has 0 bridgehead atoms. The molecule has 1 saturated heterocycles. The molecule has 1 aliphatic heterocycles. The van der Waals surface area contributed by atoms with Gasteiger partial charge in [0.25, 0.3) is 0 Å². The number of nitrogens with zero attached hydrogens (tertiary/aromatic N) is 1. The molecule has 1 saturated carbocycles. The van der Waals surface area contributed by atoms with Gasteiger partial charge < -0.3 is 10.2 Å². The van der Waals surface area contributed by atoms with Crippen molar-refractivity contribution in [2.75, 3.05) is 6.54 Å². The van der Waals surface area contributed by atoms with Gasteiger partial charge in [0.2, 0.25) is 11.8 Å². The Morgan fingerprint density at radius 1 is 1.24 bits per heavy atom. The fourth-order valence-electron chi connectivity index (χ4n) is 3.71. The van der Waals surface area contributed by atoms with E-state index in [9.17, 15) is 9.59 Å². The molecule has 4 heteroatoms. The largest absolute Gasteiger partial charge is 0.342 e. The van der Waals surface area contributed by atoms with Gasteiger partial charge in [0.1, 0.15) is 11.6 Å². The minimum absolute atomic E-state index is 0.101. The summed E-state index contributed by atoms with van der Waals surface area (Å²) in [5.74, 6) is 0.802. The lowest BCUT2D eigenvalue weighted by atomic mass is 9.77. The van der Waals surface area contributed by atoms with E-state index in [4.69, 9.17) is 0 Å². The first-order valence-corrected chi connectivity index (χ1v) is 8.63. The van der Waals surface area contributed by atoms with E-state index in [2.05, 4.69) is 26.1 Å². The standard InChI is InChI=1S/C17H30N2O2/c1-4-8-14-15(20)19(12-9-13(2)3)17(16(21)18-14)10-6-5-7-11-17/h13-14H,4-12H2,1-3H3,(H,18,21). The van der Waals surface area contributed by atoms with Crippen LogP contribution in [0.4, 0.5) is 0 Å². The molecule has 1 aliphatic carbocycles. The number of carbonyl (C=O) groups is 2. The highest BCUT2D eigenvalue weighted by Crippen LogP contribution is 2.37. The van der Waals surface area contributed by atoms with Gasteiger partial charge in [-0.25, -0.2) is 0 Å². The van der Waals surface area contributed by atoms with E-state index in [-0.39, 0.29) is 17.9 Å². The number of hydrogen-bond donors (Lipinski definition) is 1. The third-order valence-electron chi connectivity index (χ3n) is 5.00. The summed E-state index contributed by atoms with van der Waals surface area (Å²) in [5, 5.41) is 3.02. The van der Waals surface area contributed by atoms with Crippen LogP contribution < -0.4 is 5.32 Å². The summed E-state index contributed by atoms with van der Waals surface area (Å²) >= 11 is 0. The summed E-state index contributed by atoms with van der Waals surface area (Å²) in [6.07, 6.45) is 7.59. The minimum atomic E-state index is -0.547. The van der Waals surface area contributed by atoms with Gasteiger partial charge in [0, 0.05) is 6.54 Å². The zero-order valence-electron chi connectivity index (χ0n) is 13.8. The smallest absolute Gasteiger partial charge is 0.246 e. The second-order valence-corrected chi connectivity index (χ2v) is 7.08. The van der Waals surface area contributed by atoms with Gasteiger partial charge >= 0.3 is 0 Å². The molecule has 120 valence electrons. The van der Waals surface area contributed by atoms with Crippen molar-refractivity contribution >= 4 is 11.8 Å². The van der Waals surface area contributed by atoms with Crippen LogP contribution in [0.1, 0.15) is 72.1 Å². The summed E-state index contributed by atoms with van der Waals surface area (Å²) in [6, 6.07) is -0.304. The highest BCUT2D eigenvalue weighted by molar-refractivity contribution is 5.99. The van der Waals surface area contributed by atoms with Crippen LogP contribution in [0.3, 0.4) is 0 Å². The minimum Gasteiger partial charge on any atom is -0.342 e. The van der Waals surface area contributed by atoms with Crippen molar-refractivity contribution in [1.82, 2.24) is 10.2 Å². The number of piperazine rings is 1. The summed E-state index contributed by atoms with van der Waals surface area (Å²) in [7, 11) is 0. The molecule has 1 heterocycles. The first kappa shape index (κ1) is 16.3. The van der Waals surface area contributed by atoms with Gasteiger partial charge in [-0.2, -0.15) is 0 Å². The predicted octanol–water partition coefficient (Wildman–Crippen LogP) is 2.86. The molecule has 2 aliphatic rings. The second kappa shape index (κ2) is 6.80. The van der Waals surface area contributed by atoms with Crippen LogP contribution in [0.5, 0.6) is 0 Å². The molecule has 2 fully saturated rings. The summed E-state index contributed by atoms with van der Waals surface area (Å²) in [4.78, 5) is 27.6. The van der Waals surface area contributed by atoms with Crippen molar-refractivity contribution in [3.63, 3.8) is 0 Å². The normalized spacial score (nSPS) is 25.5. The molecule has 1 atom stereocenters. The zero-order chi connectivity index (χ0) is 15.5. The quantitative estimate of drug-likeness (QED) is 0.847. The van der Waals surface area contributed by atoms with E-state index in [1.54, 1.807) is 0 Å². The molecule has 0 aromatic carbocycles. The Balaban J connectivity index is 2.23. The van der Waals surface area contributed by atoms with Crippen LogP contribution >= 0.6 is 0 Å². The molecular weight excluding hydrogens is 264 g/mol. The van der Waals surface area contributed by atoms with Crippen LogP contribution in [0.15, 0.2) is 0 Å². The maximum Gasteiger partial charge on any atom is 0.246 e. The van der Waals surface area contributed by atoms with E-state index in [1.807, 2.05) is 4.90 Å².